The van der Waals surface area contributed by atoms with Crippen LogP contribution in [0.4, 0.5) is 0 Å². The molecule has 3 heterocycles. The van der Waals surface area contributed by atoms with Gasteiger partial charge in [-0.3, -0.25) is 4.79 Å². The van der Waals surface area contributed by atoms with Crippen molar-refractivity contribution >= 4 is 32.4 Å². The van der Waals surface area contributed by atoms with Crippen molar-refractivity contribution in [2.75, 3.05) is 14.2 Å². The van der Waals surface area contributed by atoms with Crippen molar-refractivity contribution in [1.82, 2.24) is 14.6 Å². The molecule has 5 rings (SSSR count). The number of fused-ring (bicyclic) bond motifs is 1. The van der Waals surface area contributed by atoms with Crippen LogP contribution in [0.5, 0.6) is 11.5 Å². The number of thiazole rings is 1. The van der Waals surface area contributed by atoms with Gasteiger partial charge >= 0.3 is 0 Å². The second-order valence-corrected chi connectivity index (χ2v) is 9.96. The molecule has 35 heavy (non-hydrogen) atoms. The monoisotopic (exact) mass is 510 g/mol. The lowest BCUT2D eigenvalue weighted by Gasteiger charge is -2.07. The van der Waals surface area contributed by atoms with Crippen molar-refractivity contribution in [3.05, 3.63) is 75.2 Å². The molecule has 0 aliphatic carbocycles. The highest BCUT2D eigenvalue weighted by atomic mass is 32.2. The highest BCUT2D eigenvalue weighted by molar-refractivity contribution is 7.89. The zero-order valence-corrected chi connectivity index (χ0v) is 20.1. The van der Waals surface area contributed by atoms with Crippen LogP contribution in [0.3, 0.4) is 0 Å². The molecule has 0 fully saturated rings. The quantitative estimate of drug-likeness (QED) is 0.367. The van der Waals surface area contributed by atoms with Crippen LogP contribution in [0, 0.1) is 0 Å². The number of nitrogens with two attached hydrogens (primary N) is 1. The second-order valence-electron chi connectivity index (χ2n) is 7.39. The third-order valence-electron chi connectivity index (χ3n) is 5.19. The Morgan fingerprint density at radius 3 is 2.37 bits per heavy atom. The first-order valence-corrected chi connectivity index (χ1v) is 12.5. The predicted molar refractivity (Wildman–Crippen MR) is 130 cm³/mol. The van der Waals surface area contributed by atoms with E-state index < -0.39 is 10.0 Å². The lowest BCUT2D eigenvalue weighted by Crippen LogP contribution is -2.23. The van der Waals surface area contributed by atoms with Gasteiger partial charge in [-0.1, -0.05) is 11.3 Å². The Bertz CT molecular complexity index is 1770. The highest BCUT2D eigenvalue weighted by Gasteiger charge is 2.15. The summed E-state index contributed by atoms with van der Waals surface area (Å²) < 4.78 is 40.9. The zero-order valence-electron chi connectivity index (χ0n) is 18.5. The Morgan fingerprint density at radius 2 is 1.71 bits per heavy atom. The molecule has 0 atom stereocenters. The molecule has 3 aromatic heterocycles. The molecule has 0 saturated heterocycles. The smallest absolute Gasteiger partial charge is 0.291 e. The number of primary sulfonamides is 1. The molecule has 0 bridgehead atoms. The third-order valence-corrected chi connectivity index (χ3v) is 7.08. The van der Waals surface area contributed by atoms with Crippen molar-refractivity contribution in [3.8, 4) is 34.2 Å². The van der Waals surface area contributed by atoms with E-state index in [1.54, 1.807) is 62.8 Å². The van der Waals surface area contributed by atoms with Crippen LogP contribution in [0.15, 0.2) is 68.7 Å². The molecule has 10 nitrogen and oxygen atoms in total. The lowest BCUT2D eigenvalue weighted by atomic mass is 10.2. The number of hydrogen-bond donors (Lipinski definition) is 1. The van der Waals surface area contributed by atoms with Crippen LogP contribution in [-0.2, 0) is 10.0 Å². The number of hydrogen-bond acceptors (Lipinski definition) is 9. The van der Waals surface area contributed by atoms with Crippen LogP contribution in [0.25, 0.3) is 33.7 Å². The summed E-state index contributed by atoms with van der Waals surface area (Å²) in [6.07, 6.45) is 1.61. The van der Waals surface area contributed by atoms with Gasteiger partial charge in [-0.15, -0.1) is 5.10 Å². The summed E-state index contributed by atoms with van der Waals surface area (Å²) in [7, 11) is -0.681. The van der Waals surface area contributed by atoms with Gasteiger partial charge in [0.2, 0.25) is 15.0 Å². The van der Waals surface area contributed by atoms with Gasteiger partial charge < -0.3 is 13.9 Å². The van der Waals surface area contributed by atoms with E-state index in [0.717, 1.165) is 0 Å². The largest absolute Gasteiger partial charge is 0.493 e. The second kappa shape index (κ2) is 8.65. The molecule has 0 saturated carbocycles. The number of nitrogens with zero attached hydrogens (tertiary/aromatic N) is 3. The number of methoxy groups -OCH3 is 2. The maximum atomic E-state index is 12.9. The fraction of sp³-hybridized carbons (Fsp3) is 0.0870. The van der Waals surface area contributed by atoms with Gasteiger partial charge in [-0.05, 0) is 54.6 Å². The average molecular weight is 511 g/mol. The molecule has 12 heteroatoms. The fourth-order valence-corrected chi connectivity index (χ4v) is 4.86. The lowest BCUT2D eigenvalue weighted by molar-refractivity contribution is 0.355. The number of rotatable bonds is 6. The molecule has 0 unspecified atom stereocenters. The van der Waals surface area contributed by atoms with Gasteiger partial charge in [0, 0.05) is 17.2 Å². The predicted octanol–water partition coefficient (Wildman–Crippen LogP) is 2.29. The maximum Gasteiger partial charge on any atom is 0.291 e. The Kier molecular flexibility index (Phi) is 5.63. The number of sulfonamides is 1. The Balaban J connectivity index is 1.46. The van der Waals surface area contributed by atoms with Crippen molar-refractivity contribution in [1.29, 1.82) is 0 Å². The molecule has 5 aromatic rings. The summed E-state index contributed by atoms with van der Waals surface area (Å²) in [5.74, 6) is 2.48. The standard InChI is InChI=1S/C23H18N4O6S2/c1-31-18-9-5-14(11-19(18)32-2)21-25-23-27(26-21)22(28)20(34-23)12-15-6-10-17(33-15)13-3-7-16(8-4-13)35(24,29)30/h3-12H,1-2H3,(H2,24,29,30). The first kappa shape index (κ1) is 22.8. The van der Waals surface area contributed by atoms with Crippen LogP contribution >= 0.6 is 11.3 Å². The summed E-state index contributed by atoms with van der Waals surface area (Å²) in [6.45, 7) is 0. The zero-order chi connectivity index (χ0) is 24.7. The topological polar surface area (TPSA) is 139 Å². The van der Waals surface area contributed by atoms with Crippen molar-refractivity contribution < 1.29 is 22.3 Å². The van der Waals surface area contributed by atoms with Crippen molar-refractivity contribution in [2.24, 2.45) is 5.14 Å². The van der Waals surface area contributed by atoms with E-state index in [9.17, 15) is 13.2 Å². The van der Waals surface area contributed by atoms with E-state index in [-0.39, 0.29) is 10.5 Å². The molecule has 0 aliphatic rings. The molecular weight excluding hydrogens is 492 g/mol. The Hall–Kier alpha value is -4.00. The van der Waals surface area contributed by atoms with Gasteiger partial charge in [0.25, 0.3) is 5.56 Å². The van der Waals surface area contributed by atoms with Gasteiger partial charge in [0.1, 0.15) is 16.1 Å². The molecule has 178 valence electrons. The van der Waals surface area contributed by atoms with Crippen molar-refractivity contribution in [2.45, 2.75) is 4.90 Å². The van der Waals surface area contributed by atoms with Crippen LogP contribution < -0.4 is 24.7 Å². The van der Waals surface area contributed by atoms with E-state index in [4.69, 9.17) is 19.0 Å². The van der Waals surface area contributed by atoms with Crippen LogP contribution in [0.1, 0.15) is 5.76 Å². The van der Waals surface area contributed by atoms with Gasteiger partial charge in [-0.25, -0.2) is 13.6 Å². The van der Waals surface area contributed by atoms with E-state index in [2.05, 4.69) is 10.1 Å². The molecule has 0 radical (unpaired) electrons. The first-order valence-electron chi connectivity index (χ1n) is 10.1. The molecule has 2 aromatic carbocycles. The van der Waals surface area contributed by atoms with E-state index >= 15 is 0 Å². The summed E-state index contributed by atoms with van der Waals surface area (Å²) in [4.78, 5) is 17.8. The Morgan fingerprint density at radius 1 is 1.00 bits per heavy atom. The van der Waals surface area contributed by atoms with Crippen LogP contribution in [-0.4, -0.2) is 37.2 Å². The van der Waals surface area contributed by atoms with Gasteiger partial charge in [-0.2, -0.15) is 9.50 Å². The van der Waals surface area contributed by atoms with E-state index in [1.165, 1.54) is 28.0 Å². The molecule has 2 N–H and O–H groups in total. The van der Waals surface area contributed by atoms with Gasteiger partial charge in [0.05, 0.1) is 19.1 Å². The van der Waals surface area contributed by atoms with E-state index in [1.807, 2.05) is 0 Å². The summed E-state index contributed by atoms with van der Waals surface area (Å²) in [6, 6.07) is 14.7. The highest BCUT2D eigenvalue weighted by Crippen LogP contribution is 2.31. The molecule has 0 amide bonds. The first-order chi connectivity index (χ1) is 16.8. The minimum atomic E-state index is -3.77. The van der Waals surface area contributed by atoms with Gasteiger partial charge in [0.15, 0.2) is 17.3 Å². The average Bonchev–Trinajstić information content (AvgIpc) is 3.55. The van der Waals surface area contributed by atoms with Crippen LogP contribution in [0.2, 0.25) is 0 Å². The summed E-state index contributed by atoms with van der Waals surface area (Å²) >= 11 is 1.19. The fourth-order valence-electron chi connectivity index (χ4n) is 3.45. The molecular formula is C23H18N4O6S2. The molecule has 0 aliphatic heterocycles. The van der Waals surface area contributed by atoms with Crippen molar-refractivity contribution in [3.63, 3.8) is 0 Å². The summed E-state index contributed by atoms with van der Waals surface area (Å²) in [5.41, 5.74) is 1.04. The molecule has 0 spiro atoms. The number of ether oxygens (including phenoxy) is 2. The maximum absolute atomic E-state index is 12.9. The normalized spacial score (nSPS) is 12.4. The van der Waals surface area contributed by atoms with E-state index in [0.29, 0.717) is 49.5 Å². The number of benzene rings is 2. The third kappa shape index (κ3) is 4.30. The Labute approximate surface area is 202 Å². The minimum Gasteiger partial charge on any atom is -0.493 e. The minimum absolute atomic E-state index is 0.0115. The number of furan rings is 1. The SMILES string of the molecule is COc1ccc(-c2nc3sc(=Cc4ccc(-c5ccc(S(N)(=O)=O)cc5)o4)c(=O)n3n2)cc1OC. The summed E-state index contributed by atoms with van der Waals surface area (Å²) in [5, 5.41) is 9.49. The number of aromatic nitrogens is 3.